The molecule has 0 aliphatic heterocycles. The standard InChI is InChI=1S/C22H26/c1-3-18-6-8-19(9-7-18)16-20-10-14-22(15-11-20)21-12-4-17(2)5-13-21/h3,6-11,14-15,17,21H,1,4-5,12-13,16H2,2H3. The molecule has 0 nitrogen and oxygen atoms in total. The molecule has 22 heavy (non-hydrogen) atoms. The molecular formula is C22H26. The first-order valence-electron chi connectivity index (χ1n) is 8.55. The summed E-state index contributed by atoms with van der Waals surface area (Å²) in [6, 6.07) is 18.0. The van der Waals surface area contributed by atoms with Gasteiger partial charge < -0.3 is 0 Å². The minimum Gasteiger partial charge on any atom is -0.0985 e. The van der Waals surface area contributed by atoms with Gasteiger partial charge >= 0.3 is 0 Å². The molecule has 0 radical (unpaired) electrons. The molecule has 2 aromatic carbocycles. The molecule has 3 rings (SSSR count). The summed E-state index contributed by atoms with van der Waals surface area (Å²) in [7, 11) is 0. The Balaban J connectivity index is 1.64. The van der Waals surface area contributed by atoms with Crippen LogP contribution < -0.4 is 0 Å². The zero-order valence-corrected chi connectivity index (χ0v) is 13.6. The summed E-state index contributed by atoms with van der Waals surface area (Å²) in [5.74, 6) is 1.71. The van der Waals surface area contributed by atoms with E-state index in [1.54, 1.807) is 0 Å². The highest BCUT2D eigenvalue weighted by Gasteiger charge is 2.19. The Bertz CT molecular complexity index is 595. The highest BCUT2D eigenvalue weighted by molar-refractivity contribution is 5.47. The average molecular weight is 290 g/mol. The fourth-order valence-electron chi connectivity index (χ4n) is 3.51. The van der Waals surface area contributed by atoms with E-state index in [9.17, 15) is 0 Å². The molecule has 1 aliphatic rings. The second kappa shape index (κ2) is 6.96. The Morgan fingerprint density at radius 2 is 1.41 bits per heavy atom. The molecule has 0 spiro atoms. The van der Waals surface area contributed by atoms with Crippen LogP contribution in [0, 0.1) is 5.92 Å². The van der Waals surface area contributed by atoms with Crippen molar-refractivity contribution in [2.24, 2.45) is 5.92 Å². The summed E-state index contributed by atoms with van der Waals surface area (Å²) in [6.07, 6.45) is 8.42. The molecule has 1 fully saturated rings. The summed E-state index contributed by atoms with van der Waals surface area (Å²) < 4.78 is 0. The van der Waals surface area contributed by atoms with Gasteiger partial charge in [-0.3, -0.25) is 0 Å². The summed E-state index contributed by atoms with van der Waals surface area (Å²) in [4.78, 5) is 0. The third-order valence-corrected chi connectivity index (χ3v) is 5.09. The van der Waals surface area contributed by atoms with E-state index >= 15 is 0 Å². The zero-order valence-electron chi connectivity index (χ0n) is 13.6. The molecule has 0 aromatic heterocycles. The molecule has 1 aliphatic carbocycles. The van der Waals surface area contributed by atoms with Gasteiger partial charge in [-0.2, -0.15) is 0 Å². The van der Waals surface area contributed by atoms with Crippen molar-refractivity contribution in [1.29, 1.82) is 0 Å². The van der Waals surface area contributed by atoms with E-state index in [0.717, 1.165) is 18.3 Å². The highest BCUT2D eigenvalue weighted by Crippen LogP contribution is 2.35. The van der Waals surface area contributed by atoms with Crippen LogP contribution in [0.2, 0.25) is 0 Å². The minimum absolute atomic E-state index is 0.789. The van der Waals surface area contributed by atoms with Crippen LogP contribution in [0.15, 0.2) is 55.1 Å². The maximum absolute atomic E-state index is 3.80. The monoisotopic (exact) mass is 290 g/mol. The predicted octanol–water partition coefficient (Wildman–Crippen LogP) is 6.21. The van der Waals surface area contributed by atoms with Crippen molar-refractivity contribution in [2.75, 3.05) is 0 Å². The fourth-order valence-corrected chi connectivity index (χ4v) is 3.51. The van der Waals surface area contributed by atoms with Crippen LogP contribution in [-0.2, 0) is 6.42 Å². The SMILES string of the molecule is C=Cc1ccc(Cc2ccc(C3CCC(C)CC3)cc2)cc1. The van der Waals surface area contributed by atoms with Crippen molar-refractivity contribution in [3.05, 3.63) is 77.4 Å². The smallest absolute Gasteiger partial charge is 0.00258 e. The first kappa shape index (κ1) is 15.1. The molecule has 114 valence electrons. The molecule has 0 heteroatoms. The number of hydrogen-bond acceptors (Lipinski definition) is 0. The van der Waals surface area contributed by atoms with Gasteiger partial charge in [0, 0.05) is 0 Å². The largest absolute Gasteiger partial charge is 0.0985 e. The Morgan fingerprint density at radius 1 is 0.864 bits per heavy atom. The number of rotatable bonds is 4. The van der Waals surface area contributed by atoms with Gasteiger partial charge in [-0.05, 0) is 53.4 Å². The molecule has 0 unspecified atom stereocenters. The fraction of sp³-hybridized carbons (Fsp3) is 0.364. The van der Waals surface area contributed by atoms with Crippen LogP contribution in [0.25, 0.3) is 6.08 Å². The van der Waals surface area contributed by atoms with Gasteiger partial charge in [-0.1, -0.05) is 81.0 Å². The maximum atomic E-state index is 3.80. The Hall–Kier alpha value is -1.82. The predicted molar refractivity (Wildman–Crippen MR) is 96.2 cm³/mol. The quantitative estimate of drug-likeness (QED) is 0.627. The Kier molecular flexibility index (Phi) is 4.77. The van der Waals surface area contributed by atoms with Crippen molar-refractivity contribution in [1.82, 2.24) is 0 Å². The minimum atomic E-state index is 0.789. The van der Waals surface area contributed by atoms with Gasteiger partial charge in [-0.15, -0.1) is 0 Å². The lowest BCUT2D eigenvalue weighted by Crippen LogP contribution is -2.10. The van der Waals surface area contributed by atoms with Crippen LogP contribution in [0.1, 0.15) is 60.8 Å². The molecule has 0 N–H and O–H groups in total. The first-order chi connectivity index (χ1) is 10.7. The summed E-state index contributed by atoms with van der Waals surface area (Å²) in [5.41, 5.74) is 5.49. The van der Waals surface area contributed by atoms with E-state index in [2.05, 4.69) is 62.0 Å². The van der Waals surface area contributed by atoms with E-state index in [1.165, 1.54) is 47.9 Å². The van der Waals surface area contributed by atoms with Crippen molar-refractivity contribution < 1.29 is 0 Å². The van der Waals surface area contributed by atoms with Crippen LogP contribution in [0.3, 0.4) is 0 Å². The second-order valence-corrected chi connectivity index (χ2v) is 6.82. The topological polar surface area (TPSA) is 0 Å². The van der Waals surface area contributed by atoms with Gasteiger partial charge in [-0.25, -0.2) is 0 Å². The van der Waals surface area contributed by atoms with Crippen LogP contribution in [-0.4, -0.2) is 0 Å². The van der Waals surface area contributed by atoms with E-state index in [4.69, 9.17) is 0 Å². The molecule has 0 bridgehead atoms. The normalized spacial score (nSPS) is 21.5. The number of hydrogen-bond donors (Lipinski definition) is 0. The van der Waals surface area contributed by atoms with Gasteiger partial charge in [0.2, 0.25) is 0 Å². The van der Waals surface area contributed by atoms with Gasteiger partial charge in [0.25, 0.3) is 0 Å². The molecule has 0 amide bonds. The molecule has 1 saturated carbocycles. The van der Waals surface area contributed by atoms with E-state index in [-0.39, 0.29) is 0 Å². The molecule has 0 atom stereocenters. The average Bonchev–Trinajstić information content (AvgIpc) is 2.57. The third kappa shape index (κ3) is 3.68. The van der Waals surface area contributed by atoms with E-state index in [1.807, 2.05) is 6.08 Å². The van der Waals surface area contributed by atoms with Crippen molar-refractivity contribution >= 4 is 6.08 Å². The van der Waals surface area contributed by atoms with E-state index < -0.39 is 0 Å². The summed E-state index contributed by atoms with van der Waals surface area (Å²) in [6.45, 7) is 6.19. The van der Waals surface area contributed by atoms with Gasteiger partial charge in [0.1, 0.15) is 0 Å². The highest BCUT2D eigenvalue weighted by atomic mass is 14.2. The second-order valence-electron chi connectivity index (χ2n) is 6.82. The lowest BCUT2D eigenvalue weighted by atomic mass is 9.79. The van der Waals surface area contributed by atoms with Gasteiger partial charge in [0.05, 0.1) is 0 Å². The summed E-state index contributed by atoms with van der Waals surface area (Å²) in [5, 5.41) is 0. The van der Waals surface area contributed by atoms with Crippen molar-refractivity contribution in [3.8, 4) is 0 Å². The molecule has 0 saturated heterocycles. The zero-order chi connectivity index (χ0) is 15.4. The number of benzene rings is 2. The van der Waals surface area contributed by atoms with E-state index in [0.29, 0.717) is 0 Å². The lowest BCUT2D eigenvalue weighted by Gasteiger charge is -2.26. The maximum Gasteiger partial charge on any atom is -0.00258 e. The Morgan fingerprint density at radius 3 is 1.95 bits per heavy atom. The van der Waals surface area contributed by atoms with Gasteiger partial charge in [0.15, 0.2) is 0 Å². The Labute approximate surface area is 134 Å². The van der Waals surface area contributed by atoms with Crippen molar-refractivity contribution in [2.45, 2.75) is 44.9 Å². The van der Waals surface area contributed by atoms with Crippen LogP contribution >= 0.6 is 0 Å². The van der Waals surface area contributed by atoms with Crippen molar-refractivity contribution in [3.63, 3.8) is 0 Å². The third-order valence-electron chi connectivity index (χ3n) is 5.09. The molecule has 2 aromatic rings. The van der Waals surface area contributed by atoms with Crippen LogP contribution in [0.4, 0.5) is 0 Å². The first-order valence-corrected chi connectivity index (χ1v) is 8.55. The lowest BCUT2D eigenvalue weighted by molar-refractivity contribution is 0.348. The summed E-state index contributed by atoms with van der Waals surface area (Å²) >= 11 is 0. The van der Waals surface area contributed by atoms with Crippen LogP contribution in [0.5, 0.6) is 0 Å². The molecular weight excluding hydrogens is 264 g/mol. The molecule has 0 heterocycles.